The highest BCUT2D eigenvalue weighted by Gasteiger charge is 2.46. The lowest BCUT2D eigenvalue weighted by atomic mass is 9.90. The molecule has 1 unspecified atom stereocenters. The molecule has 2 aliphatic rings. The summed E-state index contributed by atoms with van der Waals surface area (Å²) in [6.45, 7) is 1.14. The van der Waals surface area contributed by atoms with Crippen LogP contribution in [0.5, 0.6) is 5.75 Å². The van der Waals surface area contributed by atoms with Gasteiger partial charge in [-0.3, -0.25) is 4.79 Å². The van der Waals surface area contributed by atoms with Gasteiger partial charge in [0.1, 0.15) is 17.3 Å². The van der Waals surface area contributed by atoms with E-state index < -0.39 is 112 Å². The Hall–Kier alpha value is -2.36. The molecule has 0 aromatic heterocycles. The molecule has 3 rings (SSSR count). The van der Waals surface area contributed by atoms with Crippen LogP contribution in [0, 0.1) is 5.41 Å². The number of carboxylic acid groups (broad SMARTS) is 1. The fourth-order valence-corrected chi connectivity index (χ4v) is 6.29. The first-order valence-electron chi connectivity index (χ1n) is 12.4. The number of hydrogen-bond donors (Lipinski definition) is 1. The van der Waals surface area contributed by atoms with Crippen molar-refractivity contribution in [1.29, 1.82) is 0 Å². The predicted molar refractivity (Wildman–Crippen MR) is 127 cm³/mol. The average molecular weight is 611 g/mol. The lowest BCUT2D eigenvalue weighted by Gasteiger charge is -2.40. The second-order valence-electron chi connectivity index (χ2n) is 10.9. The van der Waals surface area contributed by atoms with Gasteiger partial charge in [0, 0.05) is 51.0 Å². The van der Waals surface area contributed by atoms with Crippen molar-refractivity contribution in [3.8, 4) is 5.75 Å². The number of fused-ring (bicyclic) bond motifs is 1. The van der Waals surface area contributed by atoms with E-state index in [0.29, 0.717) is 16.4 Å². The Bertz CT molecular complexity index is 1210. The summed E-state index contributed by atoms with van der Waals surface area (Å²) in [6.07, 6.45) is -13.6. The number of likely N-dealkylation sites (N-methyl/N-ethyl adjacent to an activating group) is 1. The Labute approximate surface area is 226 Å². The number of nitrogens with zero attached hydrogens (tertiary/aromatic N) is 2. The van der Waals surface area contributed by atoms with Crippen LogP contribution in [0.1, 0.15) is 57.9 Å². The molecule has 228 valence electrons. The topological polar surface area (TPSA) is 87.2 Å². The molecule has 7 nitrogen and oxygen atoms in total. The van der Waals surface area contributed by atoms with E-state index >= 15 is 0 Å². The van der Waals surface area contributed by atoms with Crippen molar-refractivity contribution in [2.24, 2.45) is 5.41 Å². The average Bonchev–Trinajstić information content (AvgIpc) is 2.88. The number of rotatable bonds is 7. The number of halogens is 8. The smallest absolute Gasteiger partial charge is 0.420 e. The van der Waals surface area contributed by atoms with E-state index in [4.69, 9.17) is 4.74 Å². The largest absolute Gasteiger partial charge is 0.492 e. The first kappa shape index (κ1) is 32.2. The quantitative estimate of drug-likeness (QED) is 0.386. The number of aliphatic carboxylic acids is 1. The lowest BCUT2D eigenvalue weighted by molar-refractivity contribution is -0.148. The molecule has 1 aromatic carbocycles. The van der Waals surface area contributed by atoms with Crippen LogP contribution >= 0.6 is 0 Å². The fraction of sp³-hybridized carbons (Fsp3) is 0.708. The molecular weight excluding hydrogens is 580 g/mol. The molecule has 1 aliphatic carbocycles. The first-order chi connectivity index (χ1) is 18.1. The van der Waals surface area contributed by atoms with Crippen LogP contribution in [0.3, 0.4) is 0 Å². The Balaban J connectivity index is 2.19. The highest BCUT2D eigenvalue weighted by molar-refractivity contribution is 7.89. The fourth-order valence-electron chi connectivity index (χ4n) is 4.72. The normalized spacial score (nSPS) is 22.5. The maximum absolute atomic E-state index is 14.2. The van der Waals surface area contributed by atoms with Gasteiger partial charge in [-0.2, -0.15) is 30.6 Å². The second-order valence-corrected chi connectivity index (χ2v) is 12.8. The number of ether oxygens (including phenoxy) is 1. The summed E-state index contributed by atoms with van der Waals surface area (Å²) in [4.78, 5) is 11.9. The maximum Gasteiger partial charge on any atom is 0.420 e. The summed E-state index contributed by atoms with van der Waals surface area (Å²) in [6, 6.07) is -1.14. The van der Waals surface area contributed by atoms with Gasteiger partial charge in [0.15, 0.2) is 0 Å². The Morgan fingerprint density at radius 2 is 1.68 bits per heavy atom. The zero-order valence-electron chi connectivity index (χ0n) is 21.9. The summed E-state index contributed by atoms with van der Waals surface area (Å²) >= 11 is 0. The van der Waals surface area contributed by atoms with Gasteiger partial charge in [-0.25, -0.2) is 17.2 Å². The van der Waals surface area contributed by atoms with E-state index in [1.807, 2.05) is 0 Å². The minimum absolute atomic E-state index is 0.228. The van der Waals surface area contributed by atoms with Gasteiger partial charge in [-0.15, -0.1) is 0 Å². The van der Waals surface area contributed by atoms with Crippen molar-refractivity contribution >= 4 is 21.7 Å². The zero-order valence-corrected chi connectivity index (χ0v) is 22.7. The van der Waals surface area contributed by atoms with Crippen molar-refractivity contribution in [3.63, 3.8) is 0 Å². The van der Waals surface area contributed by atoms with Crippen LogP contribution in [0.15, 0.2) is 17.0 Å². The van der Waals surface area contributed by atoms with Crippen LogP contribution in [0.2, 0.25) is 0 Å². The molecule has 40 heavy (non-hydrogen) atoms. The van der Waals surface area contributed by atoms with Crippen molar-refractivity contribution in [2.45, 2.75) is 87.6 Å². The molecule has 1 saturated carbocycles. The number of carbonyl (C=O) groups is 1. The molecule has 0 saturated heterocycles. The minimum atomic E-state index is -5.11. The number of benzene rings is 1. The van der Waals surface area contributed by atoms with Gasteiger partial charge in [0.2, 0.25) is 15.9 Å². The molecule has 16 heteroatoms. The molecule has 1 N–H and O–H groups in total. The van der Waals surface area contributed by atoms with Gasteiger partial charge in [0.25, 0.3) is 0 Å². The maximum atomic E-state index is 14.2. The molecule has 1 heterocycles. The molecular formula is C24H30F8N2O5S. The van der Waals surface area contributed by atoms with Gasteiger partial charge in [-0.1, -0.05) is 0 Å². The number of alkyl halides is 8. The van der Waals surface area contributed by atoms with Gasteiger partial charge >= 0.3 is 18.3 Å². The van der Waals surface area contributed by atoms with Crippen molar-refractivity contribution < 1.29 is 58.2 Å². The van der Waals surface area contributed by atoms with E-state index in [1.54, 1.807) is 0 Å². The summed E-state index contributed by atoms with van der Waals surface area (Å²) in [5, 5.41) is 9.30. The van der Waals surface area contributed by atoms with Gasteiger partial charge in [0.05, 0.1) is 16.7 Å². The Morgan fingerprint density at radius 1 is 1.10 bits per heavy atom. The molecule has 0 spiro atoms. The van der Waals surface area contributed by atoms with Crippen molar-refractivity contribution in [3.05, 3.63) is 17.7 Å². The SMILES string of the molecule is CN1C(CCC(F)(F)F)CN(C2CCC(F)(F)CC2)c2cc(C(F)(F)F)c(OCC(C)(C)C(=O)O)cc2S1(=O)=O. The molecule has 1 fully saturated rings. The minimum Gasteiger partial charge on any atom is -0.492 e. The first-order valence-corrected chi connectivity index (χ1v) is 13.8. The number of carboxylic acids is 1. The third-order valence-corrected chi connectivity index (χ3v) is 9.25. The molecule has 0 amide bonds. The van der Waals surface area contributed by atoms with E-state index in [-0.39, 0.29) is 12.8 Å². The van der Waals surface area contributed by atoms with Crippen molar-refractivity contribution in [1.82, 2.24) is 4.31 Å². The summed E-state index contributed by atoms with van der Waals surface area (Å²) in [5.41, 5.74) is -3.59. The summed E-state index contributed by atoms with van der Waals surface area (Å²) in [5.74, 6) is -5.41. The van der Waals surface area contributed by atoms with E-state index in [2.05, 4.69) is 0 Å². The third kappa shape index (κ3) is 7.09. The highest BCUT2D eigenvalue weighted by atomic mass is 32.2. The van der Waals surface area contributed by atoms with Gasteiger partial charge < -0.3 is 14.7 Å². The number of sulfonamides is 1. The standard InChI is InChI=1S/C24H30F8N2O5S/c1-21(2,20(35)36)13-39-18-11-19-17(10-16(18)24(30,31)32)34(14-4-7-22(25,26)8-5-14)12-15(6-9-23(27,28)29)33(3)40(19,37)38/h10-11,14-15H,4-9,12-13H2,1-3H3,(H,35,36). The predicted octanol–water partition coefficient (Wildman–Crippen LogP) is 5.92. The van der Waals surface area contributed by atoms with E-state index in [1.165, 1.54) is 18.7 Å². The van der Waals surface area contributed by atoms with E-state index in [9.17, 15) is 53.4 Å². The highest BCUT2D eigenvalue weighted by Crippen LogP contribution is 2.47. The van der Waals surface area contributed by atoms with Crippen LogP contribution in [0.25, 0.3) is 0 Å². The molecule has 1 aliphatic heterocycles. The van der Waals surface area contributed by atoms with Crippen LogP contribution in [0.4, 0.5) is 40.8 Å². The molecule has 0 bridgehead atoms. The second kappa shape index (κ2) is 10.8. The van der Waals surface area contributed by atoms with Crippen LogP contribution in [-0.4, -0.2) is 68.2 Å². The monoisotopic (exact) mass is 610 g/mol. The number of anilines is 1. The van der Waals surface area contributed by atoms with Crippen LogP contribution in [-0.2, 0) is 21.0 Å². The lowest BCUT2D eigenvalue weighted by Crippen LogP contribution is -2.47. The number of hydrogen-bond acceptors (Lipinski definition) is 5. The zero-order chi connectivity index (χ0) is 30.5. The van der Waals surface area contributed by atoms with Crippen LogP contribution < -0.4 is 9.64 Å². The Kier molecular flexibility index (Phi) is 8.68. The van der Waals surface area contributed by atoms with Gasteiger partial charge in [-0.05, 0) is 39.2 Å². The molecule has 0 radical (unpaired) electrons. The van der Waals surface area contributed by atoms with E-state index in [0.717, 1.165) is 7.05 Å². The molecule has 1 atom stereocenters. The summed E-state index contributed by atoms with van der Waals surface area (Å²) < 4.78 is 142. The third-order valence-electron chi connectivity index (χ3n) is 7.31. The molecule has 1 aromatic rings. The Morgan fingerprint density at radius 3 is 2.17 bits per heavy atom. The van der Waals surface area contributed by atoms with Crippen molar-refractivity contribution in [2.75, 3.05) is 25.1 Å². The summed E-state index contributed by atoms with van der Waals surface area (Å²) in [7, 11) is -3.71.